The standard InChI is InChI=1S/C12H16BrNO3/c1-2-17-8-3-4-9(10(13)7-8)11(14)5-6-12(15)16/h3-4,7,11H,2,5-6,14H2,1H3,(H,15,16). The van der Waals surface area contributed by atoms with Crippen LogP contribution in [-0.2, 0) is 4.79 Å². The highest BCUT2D eigenvalue weighted by Gasteiger charge is 2.12. The summed E-state index contributed by atoms with van der Waals surface area (Å²) in [6.45, 7) is 2.53. The predicted octanol–water partition coefficient (Wildman–Crippen LogP) is 2.71. The number of carbonyl (C=O) groups is 1. The number of benzene rings is 1. The van der Waals surface area contributed by atoms with Crippen molar-refractivity contribution >= 4 is 21.9 Å². The normalized spacial score (nSPS) is 12.2. The van der Waals surface area contributed by atoms with Crippen molar-refractivity contribution in [3.8, 4) is 5.75 Å². The molecular weight excluding hydrogens is 286 g/mol. The Morgan fingerprint density at radius 1 is 1.59 bits per heavy atom. The average molecular weight is 302 g/mol. The van der Waals surface area contributed by atoms with Crippen molar-refractivity contribution in [1.82, 2.24) is 0 Å². The topological polar surface area (TPSA) is 72.5 Å². The van der Waals surface area contributed by atoms with E-state index in [1.165, 1.54) is 0 Å². The Balaban J connectivity index is 2.73. The number of rotatable bonds is 6. The fraction of sp³-hybridized carbons (Fsp3) is 0.417. The first-order valence-corrected chi connectivity index (χ1v) is 6.23. The SMILES string of the molecule is CCOc1ccc(C(N)CCC(=O)O)c(Br)c1. The molecule has 1 aromatic carbocycles. The van der Waals surface area contributed by atoms with Gasteiger partial charge in [0.2, 0.25) is 0 Å². The summed E-state index contributed by atoms with van der Waals surface area (Å²) >= 11 is 3.42. The van der Waals surface area contributed by atoms with Gasteiger partial charge in [-0.3, -0.25) is 4.79 Å². The lowest BCUT2D eigenvalue weighted by Gasteiger charge is -2.14. The van der Waals surface area contributed by atoms with E-state index in [-0.39, 0.29) is 12.5 Å². The van der Waals surface area contributed by atoms with E-state index in [1.807, 2.05) is 25.1 Å². The second-order valence-electron chi connectivity index (χ2n) is 3.66. The summed E-state index contributed by atoms with van der Waals surface area (Å²) < 4.78 is 6.20. The van der Waals surface area contributed by atoms with Crippen LogP contribution in [-0.4, -0.2) is 17.7 Å². The summed E-state index contributed by atoms with van der Waals surface area (Å²) in [6, 6.07) is 5.27. The number of nitrogens with two attached hydrogens (primary N) is 1. The molecular formula is C12H16BrNO3. The van der Waals surface area contributed by atoms with Crippen LogP contribution < -0.4 is 10.5 Å². The maximum Gasteiger partial charge on any atom is 0.303 e. The number of carboxylic acids is 1. The minimum atomic E-state index is -0.831. The van der Waals surface area contributed by atoms with E-state index in [2.05, 4.69) is 15.9 Å². The van der Waals surface area contributed by atoms with Crippen LogP contribution in [0.15, 0.2) is 22.7 Å². The van der Waals surface area contributed by atoms with E-state index in [4.69, 9.17) is 15.6 Å². The maximum absolute atomic E-state index is 10.5. The van der Waals surface area contributed by atoms with Gasteiger partial charge in [0, 0.05) is 16.9 Å². The molecule has 0 saturated heterocycles. The zero-order chi connectivity index (χ0) is 12.8. The molecule has 1 unspecified atom stereocenters. The third-order valence-corrected chi connectivity index (χ3v) is 3.04. The van der Waals surface area contributed by atoms with Gasteiger partial charge in [-0.25, -0.2) is 0 Å². The van der Waals surface area contributed by atoms with Crippen molar-refractivity contribution in [2.24, 2.45) is 5.73 Å². The molecule has 5 heteroatoms. The highest BCUT2D eigenvalue weighted by molar-refractivity contribution is 9.10. The molecule has 0 saturated carbocycles. The van der Waals surface area contributed by atoms with E-state index < -0.39 is 5.97 Å². The highest BCUT2D eigenvalue weighted by Crippen LogP contribution is 2.28. The van der Waals surface area contributed by atoms with Crippen LogP contribution in [0.3, 0.4) is 0 Å². The lowest BCUT2D eigenvalue weighted by atomic mass is 10.0. The number of hydrogen-bond donors (Lipinski definition) is 2. The first-order chi connectivity index (χ1) is 8.04. The molecule has 17 heavy (non-hydrogen) atoms. The molecule has 3 N–H and O–H groups in total. The molecule has 0 spiro atoms. The van der Waals surface area contributed by atoms with Gasteiger partial charge >= 0.3 is 5.97 Å². The summed E-state index contributed by atoms with van der Waals surface area (Å²) in [5.41, 5.74) is 6.83. The summed E-state index contributed by atoms with van der Waals surface area (Å²) in [4.78, 5) is 10.5. The molecule has 0 bridgehead atoms. The Labute approximate surface area is 109 Å². The van der Waals surface area contributed by atoms with E-state index in [9.17, 15) is 4.79 Å². The third-order valence-electron chi connectivity index (χ3n) is 2.35. The van der Waals surface area contributed by atoms with Gasteiger partial charge in [-0.15, -0.1) is 0 Å². The number of aliphatic carboxylic acids is 1. The van der Waals surface area contributed by atoms with Crippen LogP contribution in [0.25, 0.3) is 0 Å². The fourth-order valence-electron chi connectivity index (χ4n) is 1.50. The molecule has 0 heterocycles. The number of ether oxygens (including phenoxy) is 1. The largest absolute Gasteiger partial charge is 0.494 e. The van der Waals surface area contributed by atoms with Gasteiger partial charge in [-0.05, 0) is 31.0 Å². The van der Waals surface area contributed by atoms with Crippen molar-refractivity contribution in [1.29, 1.82) is 0 Å². The second-order valence-corrected chi connectivity index (χ2v) is 4.51. The Kier molecular flexibility index (Phi) is 5.44. The van der Waals surface area contributed by atoms with Gasteiger partial charge in [-0.2, -0.15) is 0 Å². The Morgan fingerprint density at radius 3 is 2.82 bits per heavy atom. The molecule has 0 aromatic heterocycles. The van der Waals surface area contributed by atoms with Crippen molar-refractivity contribution in [3.05, 3.63) is 28.2 Å². The number of carboxylic acid groups (broad SMARTS) is 1. The van der Waals surface area contributed by atoms with Gasteiger partial charge in [0.1, 0.15) is 5.75 Å². The predicted molar refractivity (Wildman–Crippen MR) is 69.1 cm³/mol. The molecule has 1 rings (SSSR count). The molecule has 1 atom stereocenters. The lowest BCUT2D eigenvalue weighted by Crippen LogP contribution is -2.13. The zero-order valence-corrected chi connectivity index (χ0v) is 11.2. The molecule has 94 valence electrons. The maximum atomic E-state index is 10.5. The van der Waals surface area contributed by atoms with Gasteiger partial charge < -0.3 is 15.6 Å². The average Bonchev–Trinajstić information content (AvgIpc) is 2.26. The van der Waals surface area contributed by atoms with Crippen LogP contribution in [0.2, 0.25) is 0 Å². The quantitative estimate of drug-likeness (QED) is 0.847. The fourth-order valence-corrected chi connectivity index (χ4v) is 2.15. The molecule has 0 amide bonds. The minimum absolute atomic E-state index is 0.0703. The van der Waals surface area contributed by atoms with E-state index in [1.54, 1.807) is 0 Å². The summed E-state index contributed by atoms with van der Waals surface area (Å²) in [5.74, 6) is -0.0592. The molecule has 0 aliphatic heterocycles. The monoisotopic (exact) mass is 301 g/mol. The Morgan fingerprint density at radius 2 is 2.29 bits per heavy atom. The van der Waals surface area contributed by atoms with Crippen molar-refractivity contribution in [3.63, 3.8) is 0 Å². The van der Waals surface area contributed by atoms with Gasteiger partial charge in [0.05, 0.1) is 6.61 Å². The second kappa shape index (κ2) is 6.61. The van der Waals surface area contributed by atoms with Crippen molar-refractivity contribution in [2.45, 2.75) is 25.8 Å². The van der Waals surface area contributed by atoms with E-state index in [0.717, 1.165) is 15.8 Å². The molecule has 0 aliphatic carbocycles. The van der Waals surface area contributed by atoms with Crippen molar-refractivity contribution in [2.75, 3.05) is 6.61 Å². The highest BCUT2D eigenvalue weighted by atomic mass is 79.9. The lowest BCUT2D eigenvalue weighted by molar-refractivity contribution is -0.137. The number of halogens is 1. The van der Waals surface area contributed by atoms with Crippen LogP contribution in [0.4, 0.5) is 0 Å². The molecule has 0 aliphatic rings. The molecule has 1 aromatic rings. The van der Waals surface area contributed by atoms with Gasteiger partial charge in [-0.1, -0.05) is 22.0 Å². The van der Waals surface area contributed by atoms with Gasteiger partial charge in [0.25, 0.3) is 0 Å². The van der Waals surface area contributed by atoms with Gasteiger partial charge in [0.15, 0.2) is 0 Å². The summed E-state index contributed by atoms with van der Waals surface area (Å²) in [5, 5.41) is 8.61. The van der Waals surface area contributed by atoms with Crippen LogP contribution in [0.5, 0.6) is 5.75 Å². The van der Waals surface area contributed by atoms with E-state index >= 15 is 0 Å². The van der Waals surface area contributed by atoms with Crippen LogP contribution in [0, 0.1) is 0 Å². The van der Waals surface area contributed by atoms with E-state index in [0.29, 0.717) is 13.0 Å². The molecule has 0 radical (unpaired) electrons. The molecule has 4 nitrogen and oxygen atoms in total. The number of hydrogen-bond acceptors (Lipinski definition) is 3. The van der Waals surface area contributed by atoms with Crippen LogP contribution >= 0.6 is 15.9 Å². The first kappa shape index (κ1) is 14.0. The zero-order valence-electron chi connectivity index (χ0n) is 9.65. The summed E-state index contributed by atoms with van der Waals surface area (Å²) in [7, 11) is 0. The minimum Gasteiger partial charge on any atom is -0.494 e. The third kappa shape index (κ3) is 4.36. The Hall–Kier alpha value is -1.07. The smallest absolute Gasteiger partial charge is 0.303 e. The first-order valence-electron chi connectivity index (χ1n) is 5.44. The van der Waals surface area contributed by atoms with Crippen molar-refractivity contribution < 1.29 is 14.6 Å². The molecule has 0 fully saturated rings. The Bertz CT molecular complexity index is 395. The van der Waals surface area contributed by atoms with Crippen LogP contribution in [0.1, 0.15) is 31.4 Å². The summed E-state index contributed by atoms with van der Waals surface area (Å²) in [6.07, 6.45) is 0.489.